The molecule has 12 nitrogen and oxygen atoms in total. The lowest BCUT2D eigenvalue weighted by molar-refractivity contribution is -0.306. The second kappa shape index (κ2) is 14.5. The first-order valence-electron chi connectivity index (χ1n) is 18.4. The zero-order chi connectivity index (χ0) is 37.5. The molecule has 13 heteroatoms. The molecule has 1 saturated carbocycles. The van der Waals surface area contributed by atoms with Crippen molar-refractivity contribution in [3.63, 3.8) is 0 Å². The Hall–Kier alpha value is -4.35. The normalized spacial score (nSPS) is 24.0. The second-order valence-corrected chi connectivity index (χ2v) is 17.2. The van der Waals surface area contributed by atoms with E-state index < -0.39 is 45.5 Å². The molecule has 280 valence electrons. The van der Waals surface area contributed by atoms with Crippen LogP contribution in [0.2, 0.25) is 0 Å². The van der Waals surface area contributed by atoms with Crippen LogP contribution >= 0.6 is 0 Å². The summed E-state index contributed by atoms with van der Waals surface area (Å²) in [5.74, 6) is -3.09. The van der Waals surface area contributed by atoms with Gasteiger partial charge in [-0.15, -0.1) is 0 Å². The highest BCUT2D eigenvalue weighted by Crippen LogP contribution is 2.45. The molecule has 3 aliphatic heterocycles. The summed E-state index contributed by atoms with van der Waals surface area (Å²) in [6.07, 6.45) is 2.30. The molecule has 4 heterocycles. The van der Waals surface area contributed by atoms with Gasteiger partial charge in [-0.05, 0) is 60.9 Å². The van der Waals surface area contributed by atoms with Crippen LogP contribution in [0.1, 0.15) is 82.2 Å². The molecule has 0 radical (unpaired) electrons. The van der Waals surface area contributed by atoms with Crippen LogP contribution in [0.25, 0.3) is 11.1 Å². The largest absolute Gasteiger partial charge is 0.463 e. The van der Waals surface area contributed by atoms with E-state index in [0.29, 0.717) is 25.3 Å². The SMILES string of the molecule is CCOC(=O)C(OC(=O)[C@H]1CC2CCCCC2CN1S(=O)(=O)c1ccc(-c2ccccc2)cc1)c1cc2n(c(=O)c1C#N)CCC21OCC(C)(C)CO1. The van der Waals surface area contributed by atoms with Gasteiger partial charge in [0.2, 0.25) is 21.9 Å². The third kappa shape index (κ3) is 6.94. The maximum Gasteiger partial charge on any atom is 0.352 e. The predicted octanol–water partition coefficient (Wildman–Crippen LogP) is 5.43. The van der Waals surface area contributed by atoms with Gasteiger partial charge >= 0.3 is 11.9 Å². The number of esters is 2. The van der Waals surface area contributed by atoms with Crippen molar-refractivity contribution < 1.29 is 37.0 Å². The number of carbonyl (C=O) groups is 2. The van der Waals surface area contributed by atoms with E-state index in [2.05, 4.69) is 0 Å². The number of nitriles is 1. The molecular weight excluding hydrogens is 699 g/mol. The molecule has 0 bridgehead atoms. The smallest absolute Gasteiger partial charge is 0.352 e. The number of piperidine rings is 1. The van der Waals surface area contributed by atoms with Crippen molar-refractivity contribution in [3.8, 4) is 17.2 Å². The molecule has 4 aliphatic rings. The van der Waals surface area contributed by atoms with Gasteiger partial charge in [-0.2, -0.15) is 9.57 Å². The predicted molar refractivity (Wildman–Crippen MR) is 192 cm³/mol. The molecule has 7 rings (SSSR count). The standard InChI is InChI=1S/C40H45N3O9S/c1-4-49-38(46)35(31-21-34-40(50-24-39(2,3)25-51-40)18-19-42(34)36(44)32(31)22-41)52-37(45)33-20-28-12-8-9-13-29(28)23-43(33)53(47,48)30-16-14-27(15-17-30)26-10-6-5-7-11-26/h5-7,10-11,14-17,21,28-29,33,35H,4,8-9,12-13,18-20,23-25H2,1-3H3/t28?,29?,33-,35?/m1/s1. The van der Waals surface area contributed by atoms with Crippen LogP contribution in [0.15, 0.2) is 70.4 Å². The average molecular weight is 744 g/mol. The fraction of sp³-hybridized carbons (Fsp3) is 0.500. The van der Waals surface area contributed by atoms with Gasteiger partial charge in [0, 0.05) is 30.5 Å². The molecule has 0 amide bonds. The van der Waals surface area contributed by atoms with Crippen LogP contribution in [0.4, 0.5) is 0 Å². The van der Waals surface area contributed by atoms with Crippen LogP contribution in [0.3, 0.4) is 0 Å². The molecular formula is C40H45N3O9S. The third-order valence-corrected chi connectivity index (χ3v) is 13.0. The highest BCUT2D eigenvalue weighted by Gasteiger charge is 2.50. The number of aromatic nitrogens is 1. The summed E-state index contributed by atoms with van der Waals surface area (Å²) >= 11 is 0. The first kappa shape index (κ1) is 37.0. The van der Waals surface area contributed by atoms with Crippen LogP contribution in [-0.4, -0.2) is 61.6 Å². The Morgan fingerprint density at radius 3 is 2.32 bits per heavy atom. The van der Waals surface area contributed by atoms with E-state index in [0.717, 1.165) is 36.8 Å². The summed E-state index contributed by atoms with van der Waals surface area (Å²) in [6.45, 7) is 6.52. The number of nitrogens with zero attached hydrogens (tertiary/aromatic N) is 3. The highest BCUT2D eigenvalue weighted by molar-refractivity contribution is 7.89. The summed E-state index contributed by atoms with van der Waals surface area (Å²) in [5.41, 5.74) is 0.596. The number of ether oxygens (including phenoxy) is 4. The maximum absolute atomic E-state index is 14.4. The van der Waals surface area contributed by atoms with E-state index >= 15 is 0 Å². The minimum Gasteiger partial charge on any atom is -0.463 e. The van der Waals surface area contributed by atoms with E-state index in [-0.39, 0.29) is 59.4 Å². The van der Waals surface area contributed by atoms with Crippen LogP contribution < -0.4 is 5.56 Å². The van der Waals surface area contributed by atoms with Crippen LogP contribution in [-0.2, 0) is 50.9 Å². The number of fused-ring (bicyclic) bond motifs is 3. The lowest BCUT2D eigenvalue weighted by Gasteiger charge is -2.44. The number of sulfonamides is 1. The van der Waals surface area contributed by atoms with E-state index in [1.165, 1.54) is 27.1 Å². The summed E-state index contributed by atoms with van der Waals surface area (Å²) in [5, 5.41) is 10.2. The molecule has 3 unspecified atom stereocenters. The summed E-state index contributed by atoms with van der Waals surface area (Å²) < 4.78 is 55.2. The van der Waals surface area contributed by atoms with Gasteiger partial charge in [0.25, 0.3) is 5.56 Å². The minimum atomic E-state index is -4.21. The van der Waals surface area contributed by atoms with Crippen molar-refractivity contribution in [3.05, 3.63) is 87.8 Å². The fourth-order valence-corrected chi connectivity index (χ4v) is 9.87. The Balaban J connectivity index is 1.25. The maximum atomic E-state index is 14.4. The minimum absolute atomic E-state index is 0.0329. The van der Waals surface area contributed by atoms with Gasteiger partial charge in [-0.1, -0.05) is 75.6 Å². The molecule has 2 aromatic carbocycles. The molecule has 1 aromatic heterocycles. The van der Waals surface area contributed by atoms with Crippen molar-refractivity contribution in [2.45, 2.75) is 88.7 Å². The number of carbonyl (C=O) groups excluding carboxylic acids is 2. The van der Waals surface area contributed by atoms with Gasteiger partial charge in [-0.25, -0.2) is 13.2 Å². The zero-order valence-electron chi connectivity index (χ0n) is 30.3. The molecule has 4 atom stereocenters. The van der Waals surface area contributed by atoms with Gasteiger partial charge in [0.05, 0.1) is 30.4 Å². The van der Waals surface area contributed by atoms with Crippen molar-refractivity contribution >= 4 is 22.0 Å². The van der Waals surface area contributed by atoms with Gasteiger partial charge < -0.3 is 23.5 Å². The number of pyridine rings is 1. The molecule has 1 aliphatic carbocycles. The zero-order valence-corrected chi connectivity index (χ0v) is 31.1. The molecule has 53 heavy (non-hydrogen) atoms. The monoisotopic (exact) mass is 743 g/mol. The fourth-order valence-electron chi connectivity index (χ4n) is 8.22. The highest BCUT2D eigenvalue weighted by atomic mass is 32.2. The van der Waals surface area contributed by atoms with E-state index in [9.17, 15) is 28.1 Å². The Labute approximate surface area is 309 Å². The van der Waals surface area contributed by atoms with E-state index in [4.69, 9.17) is 18.9 Å². The Morgan fingerprint density at radius 2 is 1.66 bits per heavy atom. The second-order valence-electron chi connectivity index (χ2n) is 15.3. The Bertz CT molecular complexity index is 2080. The van der Waals surface area contributed by atoms with Crippen LogP contribution in [0.5, 0.6) is 0 Å². The number of hydrogen-bond donors (Lipinski definition) is 0. The average Bonchev–Trinajstić information content (AvgIpc) is 3.53. The van der Waals surface area contributed by atoms with Gasteiger partial charge in [-0.3, -0.25) is 9.59 Å². The van der Waals surface area contributed by atoms with Crippen molar-refractivity contribution in [1.82, 2.24) is 8.87 Å². The first-order valence-corrected chi connectivity index (χ1v) is 19.8. The van der Waals surface area contributed by atoms with Crippen molar-refractivity contribution in [1.29, 1.82) is 5.26 Å². The van der Waals surface area contributed by atoms with Gasteiger partial charge in [0.15, 0.2) is 0 Å². The summed E-state index contributed by atoms with van der Waals surface area (Å²) in [6, 6.07) is 18.3. The number of benzene rings is 2. The number of rotatable bonds is 8. The summed E-state index contributed by atoms with van der Waals surface area (Å²) in [7, 11) is -4.21. The quantitative estimate of drug-likeness (QED) is 0.273. The first-order chi connectivity index (χ1) is 25.4. The molecule has 0 N–H and O–H groups in total. The Morgan fingerprint density at radius 1 is 1.00 bits per heavy atom. The lowest BCUT2D eigenvalue weighted by Crippen LogP contribution is -2.54. The molecule has 1 spiro atoms. The van der Waals surface area contributed by atoms with Gasteiger partial charge in [0.1, 0.15) is 17.7 Å². The third-order valence-electron chi connectivity index (χ3n) is 11.1. The summed E-state index contributed by atoms with van der Waals surface area (Å²) in [4.78, 5) is 41.9. The van der Waals surface area contributed by atoms with E-state index in [1.807, 2.05) is 50.2 Å². The number of hydrogen-bond acceptors (Lipinski definition) is 10. The van der Waals surface area contributed by atoms with Crippen LogP contribution in [0, 0.1) is 28.6 Å². The lowest BCUT2D eigenvalue weighted by atomic mass is 9.73. The molecule has 3 aromatic rings. The van der Waals surface area contributed by atoms with Crippen molar-refractivity contribution in [2.24, 2.45) is 17.3 Å². The molecule has 2 saturated heterocycles. The topological polar surface area (TPSA) is 154 Å². The van der Waals surface area contributed by atoms with Crippen molar-refractivity contribution in [2.75, 3.05) is 26.4 Å². The van der Waals surface area contributed by atoms with E-state index in [1.54, 1.807) is 19.1 Å². The Kier molecular flexibility index (Phi) is 10.1. The molecule has 3 fully saturated rings.